The lowest BCUT2D eigenvalue weighted by molar-refractivity contribution is 0.281. The highest BCUT2D eigenvalue weighted by atomic mass is 16.5. The van der Waals surface area contributed by atoms with Crippen molar-refractivity contribution in [3.05, 3.63) is 29.0 Å². The Hall–Kier alpha value is -2.35. The lowest BCUT2D eigenvalue weighted by Gasteiger charge is -2.15. The summed E-state index contributed by atoms with van der Waals surface area (Å²) in [5.41, 5.74) is 1.89. The Morgan fingerprint density at radius 2 is 1.70 bits per heavy atom. The van der Waals surface area contributed by atoms with Crippen molar-refractivity contribution in [1.82, 2.24) is 0 Å². The summed E-state index contributed by atoms with van der Waals surface area (Å²) in [5.74, 6) is 3.00. The van der Waals surface area contributed by atoms with Gasteiger partial charge in [-0.1, -0.05) is 0 Å². The zero-order chi connectivity index (χ0) is 16.8. The van der Waals surface area contributed by atoms with Crippen LogP contribution in [0.1, 0.15) is 24.8 Å². The molecule has 0 spiro atoms. The highest BCUT2D eigenvalue weighted by Gasteiger charge is 2.26. The summed E-state index contributed by atoms with van der Waals surface area (Å²) in [5, 5.41) is 9.32. The van der Waals surface area contributed by atoms with Crippen LogP contribution in [0.25, 0.3) is 0 Å². The fraction of sp³-hybridized carbons (Fsp3) is 0.500. The quantitative estimate of drug-likeness (QED) is 0.770. The van der Waals surface area contributed by atoms with Crippen molar-refractivity contribution in [2.45, 2.75) is 25.7 Å². The van der Waals surface area contributed by atoms with E-state index >= 15 is 0 Å². The highest BCUT2D eigenvalue weighted by Crippen LogP contribution is 2.40. The van der Waals surface area contributed by atoms with Gasteiger partial charge in [-0.2, -0.15) is 5.26 Å². The number of nitriles is 1. The van der Waals surface area contributed by atoms with Crippen LogP contribution in [0.4, 0.5) is 0 Å². The number of methoxy groups -OCH3 is 4. The van der Waals surface area contributed by atoms with Crippen LogP contribution in [-0.4, -0.2) is 28.4 Å². The van der Waals surface area contributed by atoms with Gasteiger partial charge in [0.05, 0.1) is 40.1 Å². The third-order valence-electron chi connectivity index (χ3n) is 4.30. The zero-order valence-electron chi connectivity index (χ0n) is 14.1. The Bertz CT molecular complexity index is 605. The minimum Gasteiger partial charge on any atom is -0.500 e. The maximum atomic E-state index is 9.32. The third kappa shape index (κ3) is 3.53. The Kier molecular flexibility index (Phi) is 5.75. The lowest BCUT2D eigenvalue weighted by atomic mass is 9.94. The lowest BCUT2D eigenvalue weighted by Crippen LogP contribution is -2.02. The molecule has 1 aliphatic carbocycles. The van der Waals surface area contributed by atoms with Crippen LogP contribution in [0.5, 0.6) is 17.2 Å². The largest absolute Gasteiger partial charge is 0.500 e. The van der Waals surface area contributed by atoms with Gasteiger partial charge in [0.2, 0.25) is 5.75 Å². The Morgan fingerprint density at radius 1 is 1.04 bits per heavy atom. The minimum atomic E-state index is 0.258. The van der Waals surface area contributed by atoms with Crippen molar-refractivity contribution in [2.75, 3.05) is 28.4 Å². The van der Waals surface area contributed by atoms with Crippen molar-refractivity contribution in [2.24, 2.45) is 5.92 Å². The van der Waals surface area contributed by atoms with Crippen molar-refractivity contribution in [3.8, 4) is 23.3 Å². The van der Waals surface area contributed by atoms with Gasteiger partial charge in [0.1, 0.15) is 5.76 Å². The van der Waals surface area contributed by atoms with E-state index in [-0.39, 0.29) is 5.92 Å². The smallest absolute Gasteiger partial charge is 0.203 e. The molecule has 0 radical (unpaired) electrons. The van der Waals surface area contributed by atoms with Gasteiger partial charge >= 0.3 is 0 Å². The van der Waals surface area contributed by atoms with E-state index in [4.69, 9.17) is 18.9 Å². The highest BCUT2D eigenvalue weighted by molar-refractivity contribution is 5.53. The Morgan fingerprint density at radius 3 is 2.17 bits per heavy atom. The molecule has 1 aromatic rings. The number of nitrogens with zero attached hydrogens (tertiary/aromatic N) is 1. The van der Waals surface area contributed by atoms with Crippen LogP contribution < -0.4 is 14.2 Å². The number of hydrogen-bond donors (Lipinski definition) is 0. The van der Waals surface area contributed by atoms with E-state index in [2.05, 4.69) is 6.07 Å². The molecule has 2 rings (SSSR count). The first kappa shape index (κ1) is 17.0. The fourth-order valence-corrected chi connectivity index (χ4v) is 3.09. The summed E-state index contributed by atoms with van der Waals surface area (Å²) in [6, 6.07) is 6.22. The van der Waals surface area contributed by atoms with Gasteiger partial charge in [-0.15, -0.1) is 0 Å². The molecule has 1 atom stereocenters. The second kappa shape index (κ2) is 7.77. The Balaban J connectivity index is 2.15. The summed E-state index contributed by atoms with van der Waals surface area (Å²) >= 11 is 0. The SMILES string of the molecule is COC1=C(C#N)C(CCc2cc(OC)c(OC)c(OC)c2)CC1. The number of benzene rings is 1. The van der Waals surface area contributed by atoms with E-state index in [0.29, 0.717) is 17.2 Å². The molecular weight excluding hydrogens is 294 g/mol. The number of aryl methyl sites for hydroxylation is 1. The van der Waals surface area contributed by atoms with E-state index in [1.807, 2.05) is 12.1 Å². The summed E-state index contributed by atoms with van der Waals surface area (Å²) in [6.07, 6.45) is 3.55. The Labute approximate surface area is 137 Å². The van der Waals surface area contributed by atoms with Crippen LogP contribution >= 0.6 is 0 Å². The number of ether oxygens (including phenoxy) is 4. The topological polar surface area (TPSA) is 60.7 Å². The first-order valence-corrected chi connectivity index (χ1v) is 7.64. The van der Waals surface area contributed by atoms with Gasteiger partial charge in [-0.25, -0.2) is 0 Å². The van der Waals surface area contributed by atoms with Crippen molar-refractivity contribution >= 4 is 0 Å². The molecule has 5 heteroatoms. The van der Waals surface area contributed by atoms with Gasteiger partial charge < -0.3 is 18.9 Å². The molecule has 0 fully saturated rings. The normalized spacial score (nSPS) is 16.9. The van der Waals surface area contributed by atoms with Gasteiger partial charge in [0, 0.05) is 6.42 Å². The number of hydrogen-bond acceptors (Lipinski definition) is 5. The molecule has 0 amide bonds. The van der Waals surface area contributed by atoms with Crippen LogP contribution in [0, 0.1) is 17.2 Å². The third-order valence-corrected chi connectivity index (χ3v) is 4.30. The molecule has 1 aromatic carbocycles. The summed E-state index contributed by atoms with van der Waals surface area (Å²) in [6.45, 7) is 0. The summed E-state index contributed by atoms with van der Waals surface area (Å²) in [4.78, 5) is 0. The van der Waals surface area contributed by atoms with Crippen LogP contribution in [0.3, 0.4) is 0 Å². The van der Waals surface area contributed by atoms with Crippen LogP contribution in [-0.2, 0) is 11.2 Å². The first-order chi connectivity index (χ1) is 11.2. The van der Waals surface area contributed by atoms with E-state index in [1.165, 1.54) is 0 Å². The zero-order valence-corrected chi connectivity index (χ0v) is 14.1. The first-order valence-electron chi connectivity index (χ1n) is 7.64. The molecule has 0 N–H and O–H groups in total. The molecule has 0 saturated heterocycles. The van der Waals surface area contributed by atoms with E-state index in [9.17, 15) is 5.26 Å². The average molecular weight is 317 g/mol. The maximum Gasteiger partial charge on any atom is 0.203 e. The molecule has 0 bridgehead atoms. The molecular formula is C18H23NO4. The molecule has 0 heterocycles. The molecule has 124 valence electrons. The standard InChI is InChI=1S/C18H23NO4/c1-20-15-8-7-13(14(15)11-19)6-5-12-9-16(21-2)18(23-4)17(10-12)22-3/h9-10,13H,5-8H2,1-4H3. The van der Waals surface area contributed by atoms with Crippen molar-refractivity contribution in [1.29, 1.82) is 5.26 Å². The number of rotatable bonds is 7. The summed E-state index contributed by atoms with van der Waals surface area (Å²) in [7, 11) is 6.45. The minimum absolute atomic E-state index is 0.258. The molecule has 5 nitrogen and oxygen atoms in total. The predicted octanol–water partition coefficient (Wildman–Crippen LogP) is 3.48. The van der Waals surface area contributed by atoms with Crippen molar-refractivity contribution in [3.63, 3.8) is 0 Å². The molecule has 1 unspecified atom stereocenters. The monoisotopic (exact) mass is 317 g/mol. The van der Waals surface area contributed by atoms with Crippen molar-refractivity contribution < 1.29 is 18.9 Å². The van der Waals surface area contributed by atoms with Crippen LogP contribution in [0.15, 0.2) is 23.5 Å². The van der Waals surface area contributed by atoms with Gasteiger partial charge in [-0.3, -0.25) is 0 Å². The molecule has 0 aromatic heterocycles. The molecule has 0 saturated carbocycles. The molecule has 23 heavy (non-hydrogen) atoms. The van der Waals surface area contributed by atoms with Gasteiger partial charge in [0.15, 0.2) is 11.5 Å². The number of allylic oxidation sites excluding steroid dienone is 2. The average Bonchev–Trinajstić information content (AvgIpc) is 3.00. The second-order valence-electron chi connectivity index (χ2n) is 5.46. The maximum absolute atomic E-state index is 9.32. The second-order valence-corrected chi connectivity index (χ2v) is 5.46. The molecule has 0 aliphatic heterocycles. The van der Waals surface area contributed by atoms with E-state index in [1.54, 1.807) is 28.4 Å². The van der Waals surface area contributed by atoms with E-state index in [0.717, 1.165) is 42.6 Å². The van der Waals surface area contributed by atoms with Gasteiger partial charge in [0.25, 0.3) is 0 Å². The molecule has 1 aliphatic rings. The fourth-order valence-electron chi connectivity index (χ4n) is 3.09. The van der Waals surface area contributed by atoms with E-state index < -0.39 is 0 Å². The van der Waals surface area contributed by atoms with Gasteiger partial charge in [-0.05, 0) is 42.9 Å². The summed E-state index contributed by atoms with van der Waals surface area (Å²) < 4.78 is 21.4. The van der Waals surface area contributed by atoms with Crippen LogP contribution in [0.2, 0.25) is 0 Å². The predicted molar refractivity (Wildman–Crippen MR) is 86.8 cm³/mol.